The number of aromatic nitrogens is 4. The molecule has 0 aliphatic heterocycles. The molecule has 2 aromatic heterocycles. The molecule has 0 bridgehead atoms. The number of fused-ring (bicyclic) bond motifs is 1. The van der Waals surface area contributed by atoms with Gasteiger partial charge in [0.05, 0.1) is 35.2 Å². The maximum atomic E-state index is 11.0. The van der Waals surface area contributed by atoms with E-state index in [0.717, 1.165) is 16.9 Å². The highest BCUT2D eigenvalue weighted by Crippen LogP contribution is 2.19. The SMILES string of the molecule is Cc1nn(C)c(C)c1Cn1cnc2cc(C(=O)O)ccc21. The van der Waals surface area contributed by atoms with E-state index in [1.807, 2.05) is 30.1 Å². The van der Waals surface area contributed by atoms with E-state index in [9.17, 15) is 4.79 Å². The normalized spacial score (nSPS) is 11.2. The van der Waals surface area contributed by atoms with Crippen molar-refractivity contribution < 1.29 is 9.90 Å². The van der Waals surface area contributed by atoms with E-state index in [4.69, 9.17) is 5.11 Å². The van der Waals surface area contributed by atoms with Gasteiger partial charge in [-0.2, -0.15) is 5.10 Å². The van der Waals surface area contributed by atoms with Gasteiger partial charge in [-0.15, -0.1) is 0 Å². The summed E-state index contributed by atoms with van der Waals surface area (Å²) in [6.07, 6.45) is 1.74. The number of rotatable bonds is 3. The quantitative estimate of drug-likeness (QED) is 0.799. The largest absolute Gasteiger partial charge is 0.478 e. The van der Waals surface area contributed by atoms with E-state index in [0.29, 0.717) is 12.1 Å². The molecule has 0 aliphatic rings. The minimum Gasteiger partial charge on any atom is -0.478 e. The second-order valence-corrected chi connectivity index (χ2v) is 5.15. The van der Waals surface area contributed by atoms with Gasteiger partial charge in [0.25, 0.3) is 0 Å². The molecule has 0 saturated heterocycles. The molecule has 3 rings (SSSR count). The first-order valence-electron chi connectivity index (χ1n) is 6.64. The lowest BCUT2D eigenvalue weighted by molar-refractivity contribution is 0.0697. The van der Waals surface area contributed by atoms with Gasteiger partial charge >= 0.3 is 5.97 Å². The number of aromatic carboxylic acids is 1. The molecule has 21 heavy (non-hydrogen) atoms. The summed E-state index contributed by atoms with van der Waals surface area (Å²) >= 11 is 0. The summed E-state index contributed by atoms with van der Waals surface area (Å²) in [4.78, 5) is 15.3. The van der Waals surface area contributed by atoms with Gasteiger partial charge in [0.1, 0.15) is 0 Å². The molecule has 1 aromatic carbocycles. The molecule has 0 atom stereocenters. The highest BCUT2D eigenvalue weighted by molar-refractivity contribution is 5.92. The van der Waals surface area contributed by atoms with E-state index in [1.165, 1.54) is 5.56 Å². The fourth-order valence-electron chi connectivity index (χ4n) is 2.54. The summed E-state index contributed by atoms with van der Waals surface area (Å²) < 4.78 is 3.88. The van der Waals surface area contributed by atoms with Crippen LogP contribution in [0.25, 0.3) is 11.0 Å². The number of hydrogen-bond acceptors (Lipinski definition) is 3. The highest BCUT2D eigenvalue weighted by atomic mass is 16.4. The third-order valence-electron chi connectivity index (χ3n) is 3.86. The number of imidazole rings is 1. The Kier molecular flexibility index (Phi) is 3.01. The molecule has 0 fully saturated rings. The zero-order valence-electron chi connectivity index (χ0n) is 12.2. The van der Waals surface area contributed by atoms with Gasteiger partial charge in [0.15, 0.2) is 0 Å². The lowest BCUT2D eigenvalue weighted by atomic mass is 10.2. The van der Waals surface area contributed by atoms with Crippen molar-refractivity contribution in [2.75, 3.05) is 0 Å². The topological polar surface area (TPSA) is 72.9 Å². The standard InChI is InChI=1S/C15H16N4O2/c1-9-12(10(2)18(3)17-9)7-19-8-16-13-6-11(15(20)21)4-5-14(13)19/h4-6,8H,7H2,1-3H3,(H,20,21). The Morgan fingerprint density at radius 3 is 2.71 bits per heavy atom. The molecular formula is C15H16N4O2. The Labute approximate surface area is 121 Å². The molecule has 6 nitrogen and oxygen atoms in total. The van der Waals surface area contributed by atoms with Crippen LogP contribution in [0, 0.1) is 13.8 Å². The van der Waals surface area contributed by atoms with Crippen LogP contribution >= 0.6 is 0 Å². The van der Waals surface area contributed by atoms with Crippen molar-refractivity contribution in [2.24, 2.45) is 7.05 Å². The van der Waals surface area contributed by atoms with E-state index >= 15 is 0 Å². The molecule has 2 heterocycles. The Morgan fingerprint density at radius 2 is 2.10 bits per heavy atom. The number of carboxylic acids is 1. The number of aryl methyl sites for hydroxylation is 2. The van der Waals surface area contributed by atoms with E-state index in [-0.39, 0.29) is 5.56 Å². The molecular weight excluding hydrogens is 268 g/mol. The van der Waals surface area contributed by atoms with Crippen LogP contribution in [-0.4, -0.2) is 30.4 Å². The Balaban J connectivity index is 2.03. The van der Waals surface area contributed by atoms with Crippen molar-refractivity contribution in [3.05, 3.63) is 47.0 Å². The summed E-state index contributed by atoms with van der Waals surface area (Å²) in [6, 6.07) is 5.00. The first kappa shape index (κ1) is 13.4. The van der Waals surface area contributed by atoms with Crippen LogP contribution in [0.3, 0.4) is 0 Å². The lowest BCUT2D eigenvalue weighted by Gasteiger charge is -2.05. The fraction of sp³-hybridized carbons (Fsp3) is 0.267. The smallest absolute Gasteiger partial charge is 0.335 e. The van der Waals surface area contributed by atoms with Crippen LogP contribution in [-0.2, 0) is 13.6 Å². The molecule has 0 aliphatic carbocycles. The maximum Gasteiger partial charge on any atom is 0.335 e. The third-order valence-corrected chi connectivity index (χ3v) is 3.86. The van der Waals surface area contributed by atoms with E-state index in [1.54, 1.807) is 24.5 Å². The molecule has 1 N–H and O–H groups in total. The van der Waals surface area contributed by atoms with Gasteiger partial charge < -0.3 is 9.67 Å². The monoisotopic (exact) mass is 284 g/mol. The minimum atomic E-state index is -0.939. The number of hydrogen-bond donors (Lipinski definition) is 1. The summed E-state index contributed by atoms with van der Waals surface area (Å²) in [5, 5.41) is 13.4. The average molecular weight is 284 g/mol. The third kappa shape index (κ3) is 2.18. The fourth-order valence-corrected chi connectivity index (χ4v) is 2.54. The molecule has 108 valence electrons. The van der Waals surface area contributed by atoms with Crippen LogP contribution in [0.15, 0.2) is 24.5 Å². The predicted octanol–water partition coefficient (Wildman–Crippen LogP) is 2.13. The molecule has 6 heteroatoms. The van der Waals surface area contributed by atoms with Gasteiger partial charge in [-0.3, -0.25) is 4.68 Å². The number of carbonyl (C=O) groups is 1. The Bertz CT molecular complexity index is 845. The van der Waals surface area contributed by atoms with Crippen molar-refractivity contribution in [2.45, 2.75) is 20.4 Å². The van der Waals surface area contributed by atoms with Crippen LogP contribution in [0.5, 0.6) is 0 Å². The van der Waals surface area contributed by atoms with Crippen molar-refractivity contribution in [1.82, 2.24) is 19.3 Å². The summed E-state index contributed by atoms with van der Waals surface area (Å²) in [6.45, 7) is 4.70. The maximum absolute atomic E-state index is 11.0. The van der Waals surface area contributed by atoms with Crippen LogP contribution in [0.4, 0.5) is 0 Å². The molecule has 0 amide bonds. The minimum absolute atomic E-state index is 0.251. The van der Waals surface area contributed by atoms with Gasteiger partial charge in [-0.05, 0) is 32.0 Å². The summed E-state index contributed by atoms with van der Waals surface area (Å²) in [5.74, 6) is -0.939. The van der Waals surface area contributed by atoms with Crippen molar-refractivity contribution >= 4 is 17.0 Å². The van der Waals surface area contributed by atoms with Crippen molar-refractivity contribution in [1.29, 1.82) is 0 Å². The molecule has 3 aromatic rings. The van der Waals surface area contributed by atoms with E-state index in [2.05, 4.69) is 10.1 Å². The first-order valence-corrected chi connectivity index (χ1v) is 6.64. The Morgan fingerprint density at radius 1 is 1.33 bits per heavy atom. The summed E-state index contributed by atoms with van der Waals surface area (Å²) in [7, 11) is 1.93. The zero-order valence-corrected chi connectivity index (χ0v) is 12.2. The lowest BCUT2D eigenvalue weighted by Crippen LogP contribution is -2.01. The zero-order chi connectivity index (χ0) is 15.1. The van der Waals surface area contributed by atoms with Crippen molar-refractivity contribution in [3.8, 4) is 0 Å². The second kappa shape index (κ2) is 4.73. The molecule has 0 unspecified atom stereocenters. The van der Waals surface area contributed by atoms with Gasteiger partial charge in [-0.25, -0.2) is 9.78 Å². The number of nitrogens with zero attached hydrogens (tertiary/aromatic N) is 4. The van der Waals surface area contributed by atoms with Crippen molar-refractivity contribution in [3.63, 3.8) is 0 Å². The number of carboxylic acid groups (broad SMARTS) is 1. The Hall–Kier alpha value is -2.63. The molecule has 0 spiro atoms. The predicted molar refractivity (Wildman–Crippen MR) is 78.5 cm³/mol. The summed E-state index contributed by atoms with van der Waals surface area (Å²) in [5.41, 5.74) is 5.15. The van der Waals surface area contributed by atoms with E-state index < -0.39 is 5.97 Å². The van der Waals surface area contributed by atoms with Crippen LogP contribution in [0.1, 0.15) is 27.3 Å². The first-order chi connectivity index (χ1) is 9.97. The average Bonchev–Trinajstić information content (AvgIpc) is 2.95. The highest BCUT2D eigenvalue weighted by Gasteiger charge is 2.12. The molecule has 0 radical (unpaired) electrons. The van der Waals surface area contributed by atoms with Gasteiger partial charge in [-0.1, -0.05) is 0 Å². The number of benzene rings is 1. The second-order valence-electron chi connectivity index (χ2n) is 5.15. The van der Waals surface area contributed by atoms with Crippen LogP contribution in [0.2, 0.25) is 0 Å². The van der Waals surface area contributed by atoms with Gasteiger partial charge in [0, 0.05) is 18.3 Å². The van der Waals surface area contributed by atoms with Gasteiger partial charge in [0.2, 0.25) is 0 Å². The molecule has 0 saturated carbocycles. The van der Waals surface area contributed by atoms with Crippen LogP contribution < -0.4 is 0 Å².